The van der Waals surface area contributed by atoms with E-state index in [1.54, 1.807) is 0 Å². The number of amides is 2. The molecule has 2 heterocycles. The number of carbonyl (C=O) groups is 2. The van der Waals surface area contributed by atoms with Crippen molar-refractivity contribution >= 4 is 34.5 Å². The van der Waals surface area contributed by atoms with E-state index in [2.05, 4.69) is 48.5 Å². The molecule has 0 aliphatic carbocycles. The van der Waals surface area contributed by atoms with Gasteiger partial charge in [-0.1, -0.05) is 18.6 Å². The molecule has 2 aromatic rings. The highest BCUT2D eigenvalue weighted by molar-refractivity contribution is 8.01. The van der Waals surface area contributed by atoms with Gasteiger partial charge in [-0.3, -0.25) is 9.59 Å². The van der Waals surface area contributed by atoms with Gasteiger partial charge >= 0.3 is 0 Å². The Balaban J connectivity index is 1.76. The molecule has 1 fully saturated rings. The van der Waals surface area contributed by atoms with E-state index in [0.717, 1.165) is 17.5 Å². The maximum absolute atomic E-state index is 12.5. The summed E-state index contributed by atoms with van der Waals surface area (Å²) in [6.07, 6.45) is 0.951. The van der Waals surface area contributed by atoms with Crippen LogP contribution in [0.15, 0.2) is 12.1 Å². The van der Waals surface area contributed by atoms with Crippen LogP contribution in [0.4, 0.5) is 0 Å². The molecule has 1 atom stereocenters. The Morgan fingerprint density at radius 1 is 1.35 bits per heavy atom. The molecule has 1 saturated heterocycles. The maximum atomic E-state index is 12.5. The molecule has 0 unspecified atom stereocenters. The summed E-state index contributed by atoms with van der Waals surface area (Å²) in [5.74, 6) is 0.379. The highest BCUT2D eigenvalue weighted by Gasteiger charge is 2.37. The van der Waals surface area contributed by atoms with Crippen LogP contribution in [0.5, 0.6) is 0 Å². The minimum atomic E-state index is -0.475. The van der Waals surface area contributed by atoms with Crippen molar-refractivity contribution in [3.63, 3.8) is 0 Å². The summed E-state index contributed by atoms with van der Waals surface area (Å²) in [5.41, 5.74) is 5.85. The third-order valence-electron chi connectivity index (χ3n) is 5.08. The molecular weight excluding hydrogens is 346 g/mol. The van der Waals surface area contributed by atoms with Crippen LogP contribution in [0.2, 0.25) is 0 Å². The normalized spacial score (nSPS) is 19.4. The monoisotopic (exact) mass is 373 g/mol. The molecule has 1 aliphatic heterocycles. The number of hydrogen-bond donors (Lipinski definition) is 3. The van der Waals surface area contributed by atoms with Gasteiger partial charge in [0.1, 0.15) is 6.04 Å². The Bertz CT molecular complexity index is 870. The van der Waals surface area contributed by atoms with Crippen molar-refractivity contribution in [1.29, 1.82) is 0 Å². The third kappa shape index (κ3) is 3.47. The molecule has 26 heavy (non-hydrogen) atoms. The summed E-state index contributed by atoms with van der Waals surface area (Å²) >= 11 is 1.52. The Morgan fingerprint density at radius 3 is 2.73 bits per heavy atom. The first kappa shape index (κ1) is 18.8. The van der Waals surface area contributed by atoms with Crippen molar-refractivity contribution in [2.24, 2.45) is 0 Å². The predicted molar refractivity (Wildman–Crippen MR) is 107 cm³/mol. The molecule has 1 aliphatic rings. The van der Waals surface area contributed by atoms with Gasteiger partial charge in [0.15, 0.2) is 0 Å². The minimum Gasteiger partial charge on any atom is -0.358 e. The van der Waals surface area contributed by atoms with Crippen molar-refractivity contribution < 1.29 is 9.59 Å². The van der Waals surface area contributed by atoms with Gasteiger partial charge < -0.3 is 15.6 Å². The van der Waals surface area contributed by atoms with E-state index in [1.807, 2.05) is 13.8 Å². The SMILES string of the molecule is CCc1[nH]c2c(CNC(=O)[C@@H]3CSC(C)(C)C(=O)N3)cc(C)cc2c1C. The summed E-state index contributed by atoms with van der Waals surface area (Å²) in [6, 6.07) is 3.82. The quantitative estimate of drug-likeness (QED) is 0.771. The highest BCUT2D eigenvalue weighted by atomic mass is 32.2. The predicted octanol–water partition coefficient (Wildman–Crippen LogP) is 2.97. The average molecular weight is 374 g/mol. The summed E-state index contributed by atoms with van der Waals surface area (Å²) in [6.45, 7) is 10.5. The van der Waals surface area contributed by atoms with Gasteiger partial charge in [-0.05, 0) is 51.3 Å². The largest absolute Gasteiger partial charge is 0.358 e. The zero-order valence-electron chi connectivity index (χ0n) is 16.1. The second-order valence-electron chi connectivity index (χ2n) is 7.49. The van der Waals surface area contributed by atoms with E-state index < -0.39 is 10.8 Å². The van der Waals surface area contributed by atoms with Crippen molar-refractivity contribution in [3.8, 4) is 0 Å². The summed E-state index contributed by atoms with van der Waals surface area (Å²) in [4.78, 5) is 28.1. The molecule has 1 aromatic heterocycles. The molecule has 3 rings (SSSR count). The van der Waals surface area contributed by atoms with Gasteiger partial charge in [0.25, 0.3) is 0 Å². The van der Waals surface area contributed by atoms with Crippen LogP contribution in [0.1, 0.15) is 43.2 Å². The molecule has 0 bridgehead atoms. The molecule has 0 saturated carbocycles. The molecule has 0 spiro atoms. The first-order chi connectivity index (χ1) is 12.2. The van der Waals surface area contributed by atoms with Crippen molar-refractivity contribution in [3.05, 3.63) is 34.5 Å². The number of rotatable bonds is 4. The van der Waals surface area contributed by atoms with Gasteiger partial charge in [0, 0.05) is 23.4 Å². The van der Waals surface area contributed by atoms with Crippen LogP contribution in [-0.4, -0.2) is 33.3 Å². The van der Waals surface area contributed by atoms with Gasteiger partial charge in [-0.25, -0.2) is 0 Å². The lowest BCUT2D eigenvalue weighted by Gasteiger charge is -2.32. The average Bonchev–Trinajstić information content (AvgIpc) is 2.91. The van der Waals surface area contributed by atoms with Crippen LogP contribution in [0.25, 0.3) is 10.9 Å². The van der Waals surface area contributed by atoms with Crippen molar-refractivity contribution in [1.82, 2.24) is 15.6 Å². The molecule has 6 heteroatoms. The number of aryl methyl sites for hydroxylation is 3. The molecule has 3 N–H and O–H groups in total. The Kier molecular flexibility index (Phi) is 5.06. The highest BCUT2D eigenvalue weighted by Crippen LogP contribution is 2.29. The zero-order valence-corrected chi connectivity index (χ0v) is 16.9. The Labute approximate surface area is 158 Å². The van der Waals surface area contributed by atoms with E-state index in [-0.39, 0.29) is 11.8 Å². The summed E-state index contributed by atoms with van der Waals surface area (Å²) in [7, 11) is 0. The minimum absolute atomic E-state index is 0.0839. The molecular formula is C20H27N3O2S. The summed E-state index contributed by atoms with van der Waals surface area (Å²) < 4.78 is -0.474. The summed E-state index contributed by atoms with van der Waals surface area (Å²) in [5, 5.41) is 7.05. The molecule has 5 nitrogen and oxygen atoms in total. The molecule has 1 aromatic carbocycles. The number of benzene rings is 1. The van der Waals surface area contributed by atoms with Crippen molar-refractivity contribution in [2.45, 2.75) is 58.4 Å². The second-order valence-corrected chi connectivity index (χ2v) is 9.14. The third-order valence-corrected chi connectivity index (χ3v) is 6.49. The molecule has 0 radical (unpaired) electrons. The fourth-order valence-electron chi connectivity index (χ4n) is 3.38. The lowest BCUT2D eigenvalue weighted by Crippen LogP contribution is -2.57. The fourth-order valence-corrected chi connectivity index (χ4v) is 4.39. The molecule has 140 valence electrons. The van der Waals surface area contributed by atoms with Gasteiger partial charge in [0.05, 0.1) is 10.3 Å². The van der Waals surface area contributed by atoms with Crippen LogP contribution in [0, 0.1) is 13.8 Å². The van der Waals surface area contributed by atoms with Gasteiger partial charge in [-0.15, -0.1) is 11.8 Å². The first-order valence-electron chi connectivity index (χ1n) is 9.06. The Morgan fingerprint density at radius 2 is 2.08 bits per heavy atom. The van der Waals surface area contributed by atoms with E-state index in [1.165, 1.54) is 34.0 Å². The van der Waals surface area contributed by atoms with Gasteiger partial charge in [0.2, 0.25) is 11.8 Å². The van der Waals surface area contributed by atoms with E-state index in [9.17, 15) is 9.59 Å². The number of thioether (sulfide) groups is 1. The topological polar surface area (TPSA) is 74.0 Å². The number of fused-ring (bicyclic) bond motifs is 1. The zero-order chi connectivity index (χ0) is 19.1. The fraction of sp³-hybridized carbons (Fsp3) is 0.500. The Hall–Kier alpha value is -1.95. The van der Waals surface area contributed by atoms with Crippen LogP contribution >= 0.6 is 11.8 Å². The van der Waals surface area contributed by atoms with Crippen molar-refractivity contribution in [2.75, 3.05) is 5.75 Å². The number of nitrogens with one attached hydrogen (secondary N) is 3. The lowest BCUT2D eigenvalue weighted by atomic mass is 10.0. The van der Waals surface area contributed by atoms with Crippen LogP contribution in [-0.2, 0) is 22.6 Å². The second kappa shape index (κ2) is 6.99. The smallest absolute Gasteiger partial charge is 0.243 e. The lowest BCUT2D eigenvalue weighted by molar-refractivity contribution is -0.129. The maximum Gasteiger partial charge on any atom is 0.243 e. The number of H-pyrrole nitrogens is 1. The standard InChI is InChI=1S/C20H27N3O2S/c1-6-15-12(3)14-8-11(2)7-13(17(14)22-15)9-21-18(24)16-10-26-20(4,5)19(25)23-16/h7-8,16,22H,6,9-10H2,1-5H3,(H,21,24)(H,23,25)/t16-/m0/s1. The molecule has 2 amide bonds. The van der Waals surface area contributed by atoms with E-state index in [4.69, 9.17) is 0 Å². The number of aromatic nitrogens is 1. The van der Waals surface area contributed by atoms with E-state index in [0.29, 0.717) is 12.3 Å². The number of carbonyl (C=O) groups excluding carboxylic acids is 2. The van der Waals surface area contributed by atoms with Gasteiger partial charge in [-0.2, -0.15) is 0 Å². The van der Waals surface area contributed by atoms with Crippen LogP contribution in [0.3, 0.4) is 0 Å². The number of aromatic amines is 1. The number of hydrogen-bond acceptors (Lipinski definition) is 3. The van der Waals surface area contributed by atoms with E-state index >= 15 is 0 Å². The first-order valence-corrected chi connectivity index (χ1v) is 10.0. The van der Waals surface area contributed by atoms with Crippen LogP contribution < -0.4 is 10.6 Å².